The number of aromatic nitrogens is 3. The van der Waals surface area contributed by atoms with Crippen LogP contribution in [-0.4, -0.2) is 76.9 Å². The average Bonchev–Trinajstić information content (AvgIpc) is 3.06. The first-order valence-corrected chi connectivity index (χ1v) is 9.83. The van der Waals surface area contributed by atoms with Gasteiger partial charge in [-0.25, -0.2) is 4.79 Å². The van der Waals surface area contributed by atoms with Crippen molar-refractivity contribution in [1.29, 1.82) is 0 Å². The van der Waals surface area contributed by atoms with Gasteiger partial charge in [0.05, 0.1) is 48.2 Å². The van der Waals surface area contributed by atoms with Gasteiger partial charge in [-0.15, -0.1) is 0 Å². The molecule has 0 saturated carbocycles. The number of hydrogen-bond acceptors (Lipinski definition) is 7. The molecule has 2 aromatic rings. The van der Waals surface area contributed by atoms with Crippen molar-refractivity contribution >= 4 is 17.3 Å². The van der Waals surface area contributed by atoms with Gasteiger partial charge in [0, 0.05) is 38.4 Å². The maximum Gasteiger partial charge on any atom is 0.340 e. The molecule has 2 fully saturated rings. The second-order valence-electron chi connectivity index (χ2n) is 7.77. The predicted molar refractivity (Wildman–Crippen MR) is 107 cm³/mol. The van der Waals surface area contributed by atoms with E-state index >= 15 is 0 Å². The number of hydrogen-bond donors (Lipinski definition) is 1. The molecule has 2 saturated heterocycles. The van der Waals surface area contributed by atoms with Crippen LogP contribution in [0, 0.1) is 6.92 Å². The first kappa shape index (κ1) is 18.9. The van der Waals surface area contributed by atoms with Gasteiger partial charge in [-0.05, 0) is 32.9 Å². The molecule has 4 heterocycles. The number of pyridine rings is 1. The Hall–Kier alpha value is -2.45. The average molecular weight is 384 g/mol. The molecule has 1 N–H and O–H groups in total. The number of ether oxygens (including phenoxy) is 1. The Kier molecular flexibility index (Phi) is 5.32. The van der Waals surface area contributed by atoms with E-state index in [4.69, 9.17) is 4.74 Å². The van der Waals surface area contributed by atoms with Gasteiger partial charge in [0.2, 0.25) is 0 Å². The molecule has 0 radical (unpaired) electrons. The number of methoxy groups -OCH3 is 1. The van der Waals surface area contributed by atoms with Crippen LogP contribution in [0.3, 0.4) is 0 Å². The molecular formula is C20H28N6O2. The molecule has 28 heavy (non-hydrogen) atoms. The summed E-state index contributed by atoms with van der Waals surface area (Å²) < 4.78 is 6.99. The van der Waals surface area contributed by atoms with Crippen LogP contribution in [0.15, 0.2) is 24.7 Å². The molecule has 0 atom stereocenters. The maximum absolute atomic E-state index is 12.0. The van der Waals surface area contributed by atoms with Gasteiger partial charge in [-0.3, -0.25) is 14.6 Å². The van der Waals surface area contributed by atoms with Crippen LogP contribution < -0.4 is 5.32 Å². The molecule has 8 nitrogen and oxygen atoms in total. The predicted octanol–water partition coefficient (Wildman–Crippen LogP) is 2.07. The normalized spacial score (nSPS) is 19.4. The van der Waals surface area contributed by atoms with Crippen LogP contribution in [0.25, 0.3) is 0 Å². The molecule has 0 unspecified atom stereocenters. The fourth-order valence-electron chi connectivity index (χ4n) is 4.23. The minimum Gasteiger partial charge on any atom is -0.465 e. The Morgan fingerprint density at radius 1 is 1.18 bits per heavy atom. The summed E-state index contributed by atoms with van der Waals surface area (Å²) in [6, 6.07) is 2.80. The number of nitrogens with zero attached hydrogens (tertiary/aromatic N) is 5. The van der Waals surface area contributed by atoms with Crippen molar-refractivity contribution in [2.75, 3.05) is 45.7 Å². The van der Waals surface area contributed by atoms with E-state index in [0.717, 1.165) is 43.4 Å². The number of nitrogens with one attached hydrogen (secondary N) is 1. The lowest BCUT2D eigenvalue weighted by atomic mass is 10.00. The highest BCUT2D eigenvalue weighted by Crippen LogP contribution is 2.30. The van der Waals surface area contributed by atoms with E-state index in [0.29, 0.717) is 17.3 Å². The zero-order valence-corrected chi connectivity index (χ0v) is 16.8. The molecule has 0 bridgehead atoms. The molecule has 150 valence electrons. The van der Waals surface area contributed by atoms with Gasteiger partial charge in [0.25, 0.3) is 0 Å². The second kappa shape index (κ2) is 7.89. The number of piperidine rings is 1. The Morgan fingerprint density at radius 3 is 2.61 bits per heavy atom. The van der Waals surface area contributed by atoms with E-state index in [1.54, 1.807) is 18.5 Å². The minimum atomic E-state index is -0.385. The van der Waals surface area contributed by atoms with Gasteiger partial charge >= 0.3 is 5.97 Å². The van der Waals surface area contributed by atoms with Gasteiger partial charge in [0.1, 0.15) is 0 Å². The summed E-state index contributed by atoms with van der Waals surface area (Å²) in [5.41, 5.74) is 3.05. The van der Waals surface area contributed by atoms with Gasteiger partial charge in [-0.2, -0.15) is 5.10 Å². The third-order valence-corrected chi connectivity index (χ3v) is 5.95. The first-order chi connectivity index (χ1) is 13.6. The maximum atomic E-state index is 12.0. The lowest BCUT2D eigenvalue weighted by Crippen LogP contribution is -2.59. The van der Waals surface area contributed by atoms with Crippen molar-refractivity contribution in [2.24, 2.45) is 0 Å². The summed E-state index contributed by atoms with van der Waals surface area (Å²) >= 11 is 0. The minimum absolute atomic E-state index is 0.385. The smallest absolute Gasteiger partial charge is 0.340 e. The van der Waals surface area contributed by atoms with Crippen molar-refractivity contribution in [1.82, 2.24) is 24.6 Å². The quantitative estimate of drug-likeness (QED) is 0.791. The van der Waals surface area contributed by atoms with Crippen molar-refractivity contribution in [3.63, 3.8) is 0 Å². The number of rotatable bonds is 5. The molecule has 0 spiro atoms. The van der Waals surface area contributed by atoms with E-state index in [1.807, 2.05) is 6.20 Å². The number of anilines is 2. The summed E-state index contributed by atoms with van der Waals surface area (Å²) in [6.45, 7) is 6.69. The number of carbonyl (C=O) groups is 1. The van der Waals surface area contributed by atoms with Crippen LogP contribution in [0.1, 0.15) is 34.9 Å². The third kappa shape index (κ3) is 3.62. The molecule has 4 rings (SSSR count). The molecule has 2 aromatic heterocycles. The Labute approximate surface area is 165 Å². The van der Waals surface area contributed by atoms with E-state index in [2.05, 4.69) is 43.9 Å². The highest BCUT2D eigenvalue weighted by atomic mass is 16.5. The second-order valence-corrected chi connectivity index (χ2v) is 7.77. The molecule has 0 amide bonds. The zero-order chi connectivity index (χ0) is 19.7. The van der Waals surface area contributed by atoms with Crippen LogP contribution in [-0.2, 0) is 4.74 Å². The topological polar surface area (TPSA) is 75.5 Å². The molecular weight excluding hydrogens is 356 g/mol. The monoisotopic (exact) mass is 384 g/mol. The summed E-state index contributed by atoms with van der Waals surface area (Å²) in [5.74, 6) is -0.385. The lowest BCUT2D eigenvalue weighted by Gasteiger charge is -2.46. The summed E-state index contributed by atoms with van der Waals surface area (Å²) in [4.78, 5) is 21.1. The van der Waals surface area contributed by atoms with Crippen LogP contribution in [0.4, 0.5) is 11.4 Å². The van der Waals surface area contributed by atoms with Gasteiger partial charge in [-0.1, -0.05) is 0 Å². The van der Waals surface area contributed by atoms with Crippen molar-refractivity contribution in [3.8, 4) is 0 Å². The lowest BCUT2D eigenvalue weighted by molar-refractivity contribution is 0.0294. The Bertz CT molecular complexity index is 837. The largest absolute Gasteiger partial charge is 0.465 e. The first-order valence-electron chi connectivity index (χ1n) is 9.83. The van der Waals surface area contributed by atoms with Crippen LogP contribution in [0.2, 0.25) is 0 Å². The molecule has 8 heteroatoms. The van der Waals surface area contributed by atoms with E-state index < -0.39 is 0 Å². The summed E-state index contributed by atoms with van der Waals surface area (Å²) in [6.07, 6.45) is 7.28. The SMILES string of the molecule is COC(=O)c1ccncc1Nc1cnn(C2CCN(C3CN(C)C3)CC2)c1C. The van der Waals surface area contributed by atoms with Crippen molar-refractivity contribution in [3.05, 3.63) is 35.9 Å². The van der Waals surface area contributed by atoms with E-state index in [1.165, 1.54) is 20.2 Å². The number of likely N-dealkylation sites (N-methyl/N-ethyl adjacent to an activating group) is 1. The van der Waals surface area contributed by atoms with E-state index in [9.17, 15) is 4.79 Å². The molecule has 2 aliphatic heterocycles. The highest BCUT2D eigenvalue weighted by Gasteiger charge is 2.32. The van der Waals surface area contributed by atoms with E-state index in [-0.39, 0.29) is 5.97 Å². The fraction of sp³-hybridized carbons (Fsp3) is 0.550. The van der Waals surface area contributed by atoms with Gasteiger partial charge in [0.15, 0.2) is 0 Å². The Balaban J connectivity index is 1.43. The number of esters is 1. The van der Waals surface area contributed by atoms with Crippen LogP contribution in [0.5, 0.6) is 0 Å². The highest BCUT2D eigenvalue weighted by molar-refractivity contribution is 5.96. The summed E-state index contributed by atoms with van der Waals surface area (Å²) in [5, 5.41) is 7.94. The van der Waals surface area contributed by atoms with Crippen molar-refractivity contribution < 1.29 is 9.53 Å². The number of likely N-dealkylation sites (tertiary alicyclic amines) is 2. The van der Waals surface area contributed by atoms with Crippen molar-refractivity contribution in [2.45, 2.75) is 31.8 Å². The third-order valence-electron chi connectivity index (χ3n) is 5.95. The zero-order valence-electron chi connectivity index (χ0n) is 16.8. The Morgan fingerprint density at radius 2 is 1.93 bits per heavy atom. The number of carbonyl (C=O) groups excluding carboxylic acids is 1. The fourth-order valence-corrected chi connectivity index (χ4v) is 4.23. The standard InChI is InChI=1S/C20H28N6O2/c1-14-18(23-19-10-21-7-4-17(19)20(27)28-3)11-22-26(14)15-5-8-25(9-6-15)16-12-24(2)13-16/h4,7,10-11,15-16,23H,5-6,8-9,12-13H2,1-3H3. The van der Waals surface area contributed by atoms with Gasteiger partial charge < -0.3 is 15.0 Å². The van der Waals surface area contributed by atoms with Crippen LogP contribution >= 0.6 is 0 Å². The molecule has 0 aromatic carbocycles. The summed E-state index contributed by atoms with van der Waals surface area (Å²) in [7, 11) is 3.56. The molecule has 0 aliphatic carbocycles. The molecule has 2 aliphatic rings.